The molecular weight excluding hydrogens is 418 g/mol. The van der Waals surface area contributed by atoms with Gasteiger partial charge in [-0.25, -0.2) is 9.66 Å². The minimum absolute atomic E-state index is 0.133. The molecule has 0 N–H and O–H groups in total. The molecule has 5 nitrogen and oxygen atoms in total. The number of ketones is 2. The van der Waals surface area contributed by atoms with E-state index in [4.69, 9.17) is 0 Å². The van der Waals surface area contributed by atoms with Crippen LogP contribution >= 0.6 is 15.9 Å². The minimum Gasteiger partial charge on any atom is -0.289 e. The van der Waals surface area contributed by atoms with Crippen LogP contribution in [0.15, 0.2) is 71.5 Å². The molecule has 1 aliphatic rings. The number of anilines is 1. The van der Waals surface area contributed by atoms with Gasteiger partial charge in [-0.15, -0.1) is 0 Å². The molecule has 3 aromatic carbocycles. The molecule has 0 radical (unpaired) electrons. The summed E-state index contributed by atoms with van der Waals surface area (Å²) in [6.07, 6.45) is 1.69. The molecule has 4 aromatic rings. The molecule has 0 bridgehead atoms. The van der Waals surface area contributed by atoms with E-state index in [-0.39, 0.29) is 11.6 Å². The van der Waals surface area contributed by atoms with Crippen LogP contribution in [0.25, 0.3) is 11.0 Å². The molecule has 1 aromatic heterocycles. The smallest absolute Gasteiger partial charge is 0.194 e. The molecule has 6 heteroatoms. The maximum atomic E-state index is 13.0. The monoisotopic (exact) mass is 431 g/mol. The summed E-state index contributed by atoms with van der Waals surface area (Å²) in [5.41, 5.74) is 4.13. The van der Waals surface area contributed by atoms with Gasteiger partial charge in [-0.05, 0) is 36.4 Å². The van der Waals surface area contributed by atoms with Gasteiger partial charge in [0.25, 0.3) is 0 Å². The molecule has 0 saturated heterocycles. The highest BCUT2D eigenvalue weighted by atomic mass is 79.9. The number of aromatic nitrogens is 2. The zero-order chi connectivity index (χ0) is 19.4. The number of hydrogen-bond acceptors (Lipinski definition) is 4. The van der Waals surface area contributed by atoms with E-state index >= 15 is 0 Å². The van der Waals surface area contributed by atoms with Gasteiger partial charge in [0.05, 0.1) is 16.7 Å². The van der Waals surface area contributed by atoms with Crippen molar-refractivity contribution < 1.29 is 9.59 Å². The average Bonchev–Trinajstić information content (AvgIpc) is 3.14. The molecule has 0 unspecified atom stereocenters. The first kappa shape index (κ1) is 16.9. The highest BCUT2D eigenvalue weighted by molar-refractivity contribution is 9.10. The van der Waals surface area contributed by atoms with Crippen LogP contribution < -0.4 is 5.01 Å². The van der Waals surface area contributed by atoms with E-state index in [1.54, 1.807) is 42.7 Å². The lowest BCUT2D eigenvalue weighted by Crippen LogP contribution is -2.24. The van der Waals surface area contributed by atoms with Gasteiger partial charge >= 0.3 is 0 Å². The summed E-state index contributed by atoms with van der Waals surface area (Å²) < 4.78 is 2.87. The topological polar surface area (TPSA) is 55.2 Å². The number of imidazole rings is 1. The summed E-state index contributed by atoms with van der Waals surface area (Å²) in [6, 6.07) is 18.3. The third-order valence-electron chi connectivity index (χ3n) is 5.10. The lowest BCUT2D eigenvalue weighted by molar-refractivity contribution is 0.0979. The first-order valence-corrected chi connectivity index (χ1v) is 9.53. The number of fused-ring (bicyclic) bond motifs is 3. The van der Waals surface area contributed by atoms with Crippen LogP contribution in [0.4, 0.5) is 5.69 Å². The maximum absolute atomic E-state index is 13.0. The fourth-order valence-corrected chi connectivity index (χ4v) is 3.87. The molecule has 1 aliphatic carbocycles. The van der Waals surface area contributed by atoms with Gasteiger partial charge in [-0.1, -0.05) is 40.2 Å². The van der Waals surface area contributed by atoms with Crippen LogP contribution in [0.3, 0.4) is 0 Å². The average molecular weight is 432 g/mol. The second-order valence-electron chi connectivity index (χ2n) is 6.68. The molecule has 0 amide bonds. The van der Waals surface area contributed by atoms with Crippen LogP contribution in [0, 0.1) is 0 Å². The highest BCUT2D eigenvalue weighted by Crippen LogP contribution is 2.31. The third kappa shape index (κ3) is 2.42. The molecule has 0 saturated carbocycles. The molecule has 5 rings (SSSR count). The number of benzene rings is 3. The fourth-order valence-electron chi connectivity index (χ4n) is 3.61. The SMILES string of the molecule is CN(c1ccc(Br)cc1)n1cnc2cc3c(cc21)C(=O)c1ccccc1C3=O. The van der Waals surface area contributed by atoms with E-state index in [9.17, 15) is 9.59 Å². The van der Waals surface area contributed by atoms with Crippen molar-refractivity contribution in [2.45, 2.75) is 0 Å². The largest absolute Gasteiger partial charge is 0.289 e. The quantitative estimate of drug-likeness (QED) is 0.413. The summed E-state index contributed by atoms with van der Waals surface area (Å²) in [5, 5.41) is 1.94. The van der Waals surface area contributed by atoms with Gasteiger partial charge in [-0.3, -0.25) is 14.6 Å². The summed E-state index contributed by atoms with van der Waals surface area (Å²) >= 11 is 3.44. The number of nitrogens with zero attached hydrogens (tertiary/aromatic N) is 3. The zero-order valence-corrected chi connectivity index (χ0v) is 16.5. The summed E-state index contributed by atoms with van der Waals surface area (Å²) in [6.45, 7) is 0. The maximum Gasteiger partial charge on any atom is 0.194 e. The number of hydrogen-bond donors (Lipinski definition) is 0. The van der Waals surface area contributed by atoms with E-state index in [0.29, 0.717) is 27.8 Å². The van der Waals surface area contributed by atoms with Crippen molar-refractivity contribution in [3.8, 4) is 0 Å². The number of carbonyl (C=O) groups is 2. The van der Waals surface area contributed by atoms with Crippen molar-refractivity contribution in [2.24, 2.45) is 0 Å². The van der Waals surface area contributed by atoms with Crippen LogP contribution in [0.1, 0.15) is 31.8 Å². The standard InChI is InChI=1S/C22H14BrN3O2/c1-25(14-8-6-13(23)7-9-14)26-12-24-19-10-17-18(11-20(19)26)22(28)16-5-3-2-4-15(16)21(17)27/h2-12H,1H3. The summed E-state index contributed by atoms with van der Waals surface area (Å²) in [4.78, 5) is 30.4. The van der Waals surface area contributed by atoms with Gasteiger partial charge in [0.2, 0.25) is 0 Å². The van der Waals surface area contributed by atoms with Crippen molar-refractivity contribution in [1.29, 1.82) is 0 Å². The van der Waals surface area contributed by atoms with Crippen molar-refractivity contribution >= 4 is 44.2 Å². The molecule has 0 fully saturated rings. The fraction of sp³-hybridized carbons (Fsp3) is 0.0455. The normalized spacial score (nSPS) is 12.8. The van der Waals surface area contributed by atoms with E-state index < -0.39 is 0 Å². The summed E-state index contributed by atoms with van der Waals surface area (Å²) in [5.74, 6) is -0.269. The Balaban J connectivity index is 1.67. The Labute approximate surface area is 169 Å². The Morgan fingerprint density at radius 3 is 2.11 bits per heavy atom. The Kier molecular flexibility index (Phi) is 3.70. The molecule has 0 atom stereocenters. The molecule has 136 valence electrons. The first-order chi connectivity index (χ1) is 13.5. The summed E-state index contributed by atoms with van der Waals surface area (Å²) in [7, 11) is 1.92. The van der Waals surface area contributed by atoms with Crippen molar-refractivity contribution in [1.82, 2.24) is 9.66 Å². The molecule has 28 heavy (non-hydrogen) atoms. The van der Waals surface area contributed by atoms with Crippen LogP contribution in [0.5, 0.6) is 0 Å². The Morgan fingerprint density at radius 1 is 0.857 bits per heavy atom. The van der Waals surface area contributed by atoms with Gasteiger partial charge in [-0.2, -0.15) is 0 Å². The first-order valence-electron chi connectivity index (χ1n) is 8.74. The third-order valence-corrected chi connectivity index (χ3v) is 5.63. The van der Waals surface area contributed by atoms with Crippen LogP contribution in [-0.2, 0) is 0 Å². The van der Waals surface area contributed by atoms with Crippen molar-refractivity contribution in [2.75, 3.05) is 12.1 Å². The lowest BCUT2D eigenvalue weighted by Gasteiger charge is -2.22. The zero-order valence-electron chi connectivity index (χ0n) is 14.9. The Morgan fingerprint density at radius 2 is 1.46 bits per heavy atom. The van der Waals surface area contributed by atoms with E-state index in [1.165, 1.54) is 0 Å². The van der Waals surface area contributed by atoms with Crippen LogP contribution in [0.2, 0.25) is 0 Å². The van der Waals surface area contributed by atoms with Crippen LogP contribution in [-0.4, -0.2) is 28.3 Å². The van der Waals surface area contributed by atoms with Crippen molar-refractivity contribution in [3.05, 3.63) is 93.7 Å². The second kappa shape index (κ2) is 6.14. The van der Waals surface area contributed by atoms with Gasteiger partial charge in [0.1, 0.15) is 6.33 Å². The minimum atomic E-state index is -0.136. The van der Waals surface area contributed by atoms with E-state index in [1.807, 2.05) is 41.0 Å². The molecular formula is C22H14BrN3O2. The highest BCUT2D eigenvalue weighted by Gasteiger charge is 2.30. The van der Waals surface area contributed by atoms with Gasteiger partial charge in [0.15, 0.2) is 11.6 Å². The predicted molar refractivity (Wildman–Crippen MR) is 111 cm³/mol. The molecule has 0 spiro atoms. The number of halogens is 1. The lowest BCUT2D eigenvalue weighted by atomic mass is 9.84. The number of rotatable bonds is 2. The Bertz CT molecular complexity index is 1270. The number of carbonyl (C=O) groups excluding carboxylic acids is 2. The molecule has 0 aliphatic heterocycles. The van der Waals surface area contributed by atoms with Crippen molar-refractivity contribution in [3.63, 3.8) is 0 Å². The predicted octanol–water partition coefficient (Wildman–Crippen LogP) is 4.47. The van der Waals surface area contributed by atoms with Gasteiger partial charge in [0, 0.05) is 33.8 Å². The van der Waals surface area contributed by atoms with E-state index in [0.717, 1.165) is 15.7 Å². The van der Waals surface area contributed by atoms with E-state index in [2.05, 4.69) is 20.9 Å². The second-order valence-corrected chi connectivity index (χ2v) is 7.60. The Hall–Kier alpha value is -3.25. The van der Waals surface area contributed by atoms with Gasteiger partial charge < -0.3 is 0 Å². The molecule has 1 heterocycles.